The van der Waals surface area contributed by atoms with Crippen LogP contribution in [0.1, 0.15) is 58.8 Å². The first-order valence-electron chi connectivity index (χ1n) is 12.0. The molecule has 4 aliphatic carbocycles. The summed E-state index contributed by atoms with van der Waals surface area (Å²) in [7, 11) is 0. The Labute approximate surface area is 192 Å². The quantitative estimate of drug-likeness (QED) is 0.394. The van der Waals surface area contributed by atoms with Gasteiger partial charge in [-0.3, -0.25) is 0 Å². The van der Waals surface area contributed by atoms with Crippen LogP contribution in [0.2, 0.25) is 0 Å². The second-order valence-electron chi connectivity index (χ2n) is 11.4. The summed E-state index contributed by atoms with van der Waals surface area (Å²) in [6.07, 6.45) is -17.1. The lowest BCUT2D eigenvalue weighted by Gasteiger charge is -2.44. The van der Waals surface area contributed by atoms with Crippen molar-refractivity contribution < 1.29 is 49.4 Å². The van der Waals surface area contributed by atoms with Gasteiger partial charge in [0.1, 0.15) is 0 Å². The molecule has 198 valence electrons. The van der Waals surface area contributed by atoms with Crippen molar-refractivity contribution in [2.75, 3.05) is 6.61 Å². The summed E-state index contributed by atoms with van der Waals surface area (Å²) < 4.78 is 127. The summed E-state index contributed by atoms with van der Waals surface area (Å²) in [5.41, 5.74) is -6.66. The molecule has 4 aliphatic rings. The molecule has 9 atom stereocenters. The molecule has 4 fully saturated rings. The van der Waals surface area contributed by atoms with Crippen LogP contribution in [0.5, 0.6) is 0 Å². The Morgan fingerprint density at radius 2 is 1.47 bits per heavy atom. The highest BCUT2D eigenvalue weighted by Gasteiger charge is 2.72. The number of hydrogen-bond acceptors (Lipinski definition) is 2. The summed E-state index contributed by atoms with van der Waals surface area (Å²) in [6.45, 7) is 3.59. The smallest absolute Gasteiger partial charge is 0.378 e. The molecule has 0 amide bonds. The molecule has 1 N–H and O–H groups in total. The van der Waals surface area contributed by atoms with Gasteiger partial charge in [0.15, 0.2) is 0 Å². The third-order valence-corrected chi connectivity index (χ3v) is 9.93. The average molecular weight is 510 g/mol. The maximum Gasteiger partial charge on any atom is 0.426 e. The van der Waals surface area contributed by atoms with Crippen molar-refractivity contribution >= 4 is 0 Å². The largest absolute Gasteiger partial charge is 0.426 e. The number of aliphatic hydroxyl groups is 1. The summed E-state index contributed by atoms with van der Waals surface area (Å²) in [4.78, 5) is 0. The fraction of sp³-hybridized carbons (Fsp3) is 1.00. The molecule has 0 aromatic carbocycles. The van der Waals surface area contributed by atoms with Crippen LogP contribution in [0, 0.1) is 46.8 Å². The van der Waals surface area contributed by atoms with E-state index < -0.39 is 59.8 Å². The van der Waals surface area contributed by atoms with Crippen molar-refractivity contribution in [3.8, 4) is 0 Å². The zero-order valence-corrected chi connectivity index (χ0v) is 19.0. The minimum Gasteiger partial charge on any atom is -0.378 e. The van der Waals surface area contributed by atoms with Crippen molar-refractivity contribution in [3.05, 3.63) is 0 Å². The van der Waals surface area contributed by atoms with E-state index in [4.69, 9.17) is 4.74 Å². The van der Waals surface area contributed by atoms with E-state index in [0.29, 0.717) is 19.3 Å². The standard InChI is InChI=1S/C23H31F9O2/c1-11-12(2)17-8-14(11)9-19(17,21(24,25)26)3-4-34-18-7-13-5-15(16(18)6-13)10-20(33,22(27,28)29)23(30,31)32/h11-18,33H,3-10H2,1-2H3. The van der Waals surface area contributed by atoms with Gasteiger partial charge in [0.05, 0.1) is 11.5 Å². The van der Waals surface area contributed by atoms with Gasteiger partial charge in [0.2, 0.25) is 0 Å². The Morgan fingerprint density at radius 3 is 1.94 bits per heavy atom. The van der Waals surface area contributed by atoms with E-state index in [0.717, 1.165) is 0 Å². The van der Waals surface area contributed by atoms with Gasteiger partial charge in [0.25, 0.3) is 5.60 Å². The van der Waals surface area contributed by atoms with Gasteiger partial charge in [-0.25, -0.2) is 0 Å². The van der Waals surface area contributed by atoms with Gasteiger partial charge in [-0.05, 0) is 86.4 Å². The fourth-order valence-corrected chi connectivity index (χ4v) is 7.94. The van der Waals surface area contributed by atoms with Gasteiger partial charge < -0.3 is 9.84 Å². The van der Waals surface area contributed by atoms with Crippen LogP contribution < -0.4 is 0 Å². The first kappa shape index (κ1) is 26.4. The van der Waals surface area contributed by atoms with Crippen molar-refractivity contribution in [1.82, 2.24) is 0 Å². The minimum absolute atomic E-state index is 0.00378. The number of fused-ring (bicyclic) bond motifs is 4. The van der Waals surface area contributed by atoms with Crippen LogP contribution in [-0.2, 0) is 4.74 Å². The topological polar surface area (TPSA) is 29.5 Å². The third-order valence-electron chi connectivity index (χ3n) is 9.93. The molecule has 0 spiro atoms. The zero-order valence-electron chi connectivity index (χ0n) is 19.0. The predicted molar refractivity (Wildman–Crippen MR) is 103 cm³/mol. The summed E-state index contributed by atoms with van der Waals surface area (Å²) in [5, 5.41) is 9.59. The van der Waals surface area contributed by atoms with Crippen LogP contribution in [0.15, 0.2) is 0 Å². The van der Waals surface area contributed by atoms with E-state index in [1.54, 1.807) is 0 Å². The Kier molecular flexibility index (Phi) is 6.32. The van der Waals surface area contributed by atoms with Crippen molar-refractivity contribution in [2.45, 2.75) is 89.0 Å². The molecule has 2 nitrogen and oxygen atoms in total. The van der Waals surface area contributed by atoms with Gasteiger partial charge >= 0.3 is 18.5 Å². The molecule has 34 heavy (non-hydrogen) atoms. The normalized spacial score (nSPS) is 42.7. The van der Waals surface area contributed by atoms with Gasteiger partial charge in [-0.15, -0.1) is 0 Å². The van der Waals surface area contributed by atoms with E-state index >= 15 is 0 Å². The molecule has 4 rings (SSSR count). The Balaban J connectivity index is 1.41. The molecular weight excluding hydrogens is 479 g/mol. The van der Waals surface area contributed by atoms with Crippen molar-refractivity contribution in [3.63, 3.8) is 0 Å². The minimum atomic E-state index is -5.88. The van der Waals surface area contributed by atoms with Crippen LogP contribution >= 0.6 is 0 Å². The average Bonchev–Trinajstić information content (AvgIpc) is 3.41. The van der Waals surface area contributed by atoms with Crippen LogP contribution in [0.25, 0.3) is 0 Å². The summed E-state index contributed by atoms with van der Waals surface area (Å²) in [6, 6.07) is 0. The second-order valence-corrected chi connectivity index (χ2v) is 11.4. The number of rotatable bonds is 6. The van der Waals surface area contributed by atoms with E-state index in [1.807, 2.05) is 13.8 Å². The van der Waals surface area contributed by atoms with E-state index in [-0.39, 0.29) is 49.5 Å². The van der Waals surface area contributed by atoms with Gasteiger partial charge in [-0.1, -0.05) is 13.8 Å². The van der Waals surface area contributed by atoms with Gasteiger partial charge in [0, 0.05) is 6.61 Å². The molecule has 0 radical (unpaired) electrons. The van der Waals surface area contributed by atoms with Crippen LogP contribution in [-0.4, -0.2) is 41.9 Å². The lowest BCUT2D eigenvalue weighted by molar-refractivity contribution is -0.373. The van der Waals surface area contributed by atoms with Crippen LogP contribution in [0.4, 0.5) is 39.5 Å². The number of halogens is 9. The molecule has 0 saturated heterocycles. The van der Waals surface area contributed by atoms with Gasteiger partial charge in [-0.2, -0.15) is 39.5 Å². The lowest BCUT2D eigenvalue weighted by atomic mass is 9.63. The Bertz CT molecular complexity index is 745. The molecular formula is C23H31F9O2. The lowest BCUT2D eigenvalue weighted by Crippen LogP contribution is -2.58. The van der Waals surface area contributed by atoms with E-state index in [2.05, 4.69) is 0 Å². The summed E-state index contributed by atoms with van der Waals surface area (Å²) >= 11 is 0. The zero-order chi connectivity index (χ0) is 25.5. The third kappa shape index (κ3) is 3.95. The molecule has 0 aliphatic heterocycles. The first-order chi connectivity index (χ1) is 15.4. The second kappa shape index (κ2) is 8.15. The highest BCUT2D eigenvalue weighted by atomic mass is 19.4. The highest BCUT2D eigenvalue weighted by Crippen LogP contribution is 2.67. The van der Waals surface area contributed by atoms with E-state index in [1.165, 1.54) is 0 Å². The Morgan fingerprint density at radius 1 is 0.853 bits per heavy atom. The SMILES string of the molecule is CC1C2CC(C1C)C(CCOC1CC3CC(CC(O)(C(F)(F)F)C(F)(F)F)C1C3)(C(F)(F)F)C2. The maximum atomic E-state index is 14.2. The molecule has 4 bridgehead atoms. The number of hydrogen-bond donors (Lipinski definition) is 1. The molecule has 4 saturated carbocycles. The van der Waals surface area contributed by atoms with Crippen LogP contribution in [0.3, 0.4) is 0 Å². The Hall–Kier alpha value is -0.710. The maximum absolute atomic E-state index is 14.2. The number of ether oxygens (including phenoxy) is 1. The predicted octanol–water partition coefficient (Wildman–Crippen LogP) is 6.91. The molecule has 11 heteroatoms. The molecule has 0 aromatic heterocycles. The summed E-state index contributed by atoms with van der Waals surface area (Å²) in [5.74, 6) is -2.21. The van der Waals surface area contributed by atoms with Crippen molar-refractivity contribution in [1.29, 1.82) is 0 Å². The first-order valence-corrected chi connectivity index (χ1v) is 12.0. The monoisotopic (exact) mass is 510 g/mol. The van der Waals surface area contributed by atoms with E-state index in [9.17, 15) is 44.6 Å². The number of alkyl halides is 9. The highest BCUT2D eigenvalue weighted by molar-refractivity contribution is 5.09. The molecule has 0 heterocycles. The molecule has 9 unspecified atom stereocenters. The van der Waals surface area contributed by atoms with Crippen molar-refractivity contribution in [2.24, 2.45) is 46.8 Å². The fourth-order valence-electron chi connectivity index (χ4n) is 7.94. The molecule has 0 aromatic rings.